The van der Waals surface area contributed by atoms with Crippen LogP contribution in [-0.4, -0.2) is 59.2 Å². The molecule has 1 amide bonds. The summed E-state index contributed by atoms with van der Waals surface area (Å²) in [7, 11) is 0. The first-order valence-electron chi connectivity index (χ1n) is 5.65. The molecule has 100 valence electrons. The molecule has 17 heavy (non-hydrogen) atoms. The molecule has 0 saturated carbocycles. The van der Waals surface area contributed by atoms with Gasteiger partial charge in [0.25, 0.3) is 0 Å². The number of alkyl carbamates (subject to hydrolysis) is 1. The molecule has 7 heteroatoms. The Morgan fingerprint density at radius 1 is 1.41 bits per heavy atom. The van der Waals surface area contributed by atoms with Gasteiger partial charge < -0.3 is 24.8 Å². The van der Waals surface area contributed by atoms with Crippen LogP contribution in [0.1, 0.15) is 19.8 Å². The van der Waals surface area contributed by atoms with Gasteiger partial charge in [0.2, 0.25) is 0 Å². The number of unbranched alkanes of at least 4 members (excludes halogenated alkanes) is 1. The molecule has 1 saturated heterocycles. The Bertz CT molecular complexity index is 249. The summed E-state index contributed by atoms with van der Waals surface area (Å²) in [6.45, 7) is 2.10. The van der Waals surface area contributed by atoms with E-state index in [1.54, 1.807) is 0 Å². The average molecular weight is 249 g/mol. The lowest BCUT2D eigenvalue weighted by molar-refractivity contribution is -0.192. The standard InChI is InChI=1S/C10H19NO6/c1-2-3-4-16-10(15)11-9-8(14)7(13)6(12)5-17-9/h6-9,12-14H,2-5H2,1H3,(H,11,15)/t6-,7-,8+,9-/m1/s1. The number of aliphatic hydroxyl groups excluding tert-OH is 3. The van der Waals surface area contributed by atoms with Crippen LogP contribution in [0.4, 0.5) is 4.79 Å². The van der Waals surface area contributed by atoms with E-state index < -0.39 is 30.6 Å². The highest BCUT2D eigenvalue weighted by atomic mass is 16.6. The summed E-state index contributed by atoms with van der Waals surface area (Å²) < 4.78 is 9.79. The number of rotatable bonds is 4. The van der Waals surface area contributed by atoms with Crippen molar-refractivity contribution in [3.63, 3.8) is 0 Å². The summed E-state index contributed by atoms with van der Waals surface area (Å²) in [5, 5.41) is 30.4. The summed E-state index contributed by atoms with van der Waals surface area (Å²) in [5.41, 5.74) is 0. The smallest absolute Gasteiger partial charge is 0.409 e. The lowest BCUT2D eigenvalue weighted by Crippen LogP contribution is -2.59. The minimum atomic E-state index is -1.38. The van der Waals surface area contributed by atoms with Crippen molar-refractivity contribution >= 4 is 6.09 Å². The van der Waals surface area contributed by atoms with Crippen molar-refractivity contribution < 1.29 is 29.6 Å². The van der Waals surface area contributed by atoms with E-state index in [1.165, 1.54) is 0 Å². The second-order valence-electron chi connectivity index (χ2n) is 3.94. The Morgan fingerprint density at radius 2 is 2.12 bits per heavy atom. The van der Waals surface area contributed by atoms with Crippen LogP contribution in [0.15, 0.2) is 0 Å². The highest BCUT2D eigenvalue weighted by Crippen LogP contribution is 2.13. The van der Waals surface area contributed by atoms with Crippen molar-refractivity contribution in [2.24, 2.45) is 0 Å². The van der Waals surface area contributed by atoms with Gasteiger partial charge in [-0.15, -0.1) is 0 Å². The largest absolute Gasteiger partial charge is 0.450 e. The predicted molar refractivity (Wildman–Crippen MR) is 57.2 cm³/mol. The number of aliphatic hydroxyl groups is 3. The van der Waals surface area contributed by atoms with Crippen molar-refractivity contribution in [2.45, 2.75) is 44.3 Å². The Labute approximate surface area is 99.3 Å². The van der Waals surface area contributed by atoms with Gasteiger partial charge in [0.15, 0.2) is 6.23 Å². The molecule has 1 rings (SSSR count). The van der Waals surface area contributed by atoms with Crippen LogP contribution in [0.5, 0.6) is 0 Å². The zero-order valence-electron chi connectivity index (χ0n) is 9.70. The summed E-state index contributed by atoms with van der Waals surface area (Å²) in [6, 6.07) is 0. The monoisotopic (exact) mass is 249 g/mol. The maximum atomic E-state index is 11.3. The SMILES string of the molecule is CCCCOC(=O)N[C@@H]1OC[C@@H](O)[C@@H](O)[C@@H]1O. The van der Waals surface area contributed by atoms with Crippen LogP contribution >= 0.6 is 0 Å². The van der Waals surface area contributed by atoms with Crippen LogP contribution in [0.25, 0.3) is 0 Å². The van der Waals surface area contributed by atoms with E-state index in [0.29, 0.717) is 0 Å². The van der Waals surface area contributed by atoms with Gasteiger partial charge in [-0.3, -0.25) is 5.32 Å². The number of ether oxygens (including phenoxy) is 2. The van der Waals surface area contributed by atoms with E-state index in [-0.39, 0.29) is 13.2 Å². The van der Waals surface area contributed by atoms with Crippen molar-refractivity contribution in [3.8, 4) is 0 Å². The maximum Gasteiger partial charge on any atom is 0.409 e. The second kappa shape index (κ2) is 6.75. The molecule has 1 aliphatic rings. The normalized spacial score (nSPS) is 33.2. The van der Waals surface area contributed by atoms with Crippen molar-refractivity contribution in [3.05, 3.63) is 0 Å². The van der Waals surface area contributed by atoms with E-state index in [2.05, 4.69) is 5.32 Å². The lowest BCUT2D eigenvalue weighted by atomic mass is 10.0. The van der Waals surface area contributed by atoms with E-state index >= 15 is 0 Å². The maximum absolute atomic E-state index is 11.3. The van der Waals surface area contributed by atoms with Gasteiger partial charge in [0.1, 0.15) is 18.3 Å². The lowest BCUT2D eigenvalue weighted by Gasteiger charge is -2.35. The first kappa shape index (κ1) is 14.2. The summed E-state index contributed by atoms with van der Waals surface area (Å²) in [6.07, 6.45) is -4.00. The molecule has 1 fully saturated rings. The molecule has 1 aliphatic heterocycles. The number of hydrogen-bond donors (Lipinski definition) is 4. The topological polar surface area (TPSA) is 108 Å². The average Bonchev–Trinajstić information content (AvgIpc) is 2.30. The molecule has 1 heterocycles. The number of nitrogens with one attached hydrogen (secondary N) is 1. The molecular formula is C10H19NO6. The molecule has 0 aliphatic carbocycles. The highest BCUT2D eigenvalue weighted by molar-refractivity contribution is 5.67. The van der Waals surface area contributed by atoms with Gasteiger partial charge in [0.05, 0.1) is 13.2 Å². The fraction of sp³-hybridized carbons (Fsp3) is 0.900. The third-order valence-electron chi connectivity index (χ3n) is 2.49. The molecule has 0 aromatic heterocycles. The Hall–Kier alpha value is -0.890. The number of carbonyl (C=O) groups excluding carboxylic acids is 1. The molecule has 4 N–H and O–H groups in total. The van der Waals surface area contributed by atoms with Crippen LogP contribution in [0.3, 0.4) is 0 Å². The number of hydrogen-bond acceptors (Lipinski definition) is 6. The van der Waals surface area contributed by atoms with Gasteiger partial charge in [-0.1, -0.05) is 13.3 Å². The Kier molecular flexibility index (Phi) is 5.63. The summed E-state index contributed by atoms with van der Waals surface area (Å²) in [4.78, 5) is 11.3. The zero-order valence-corrected chi connectivity index (χ0v) is 9.70. The third kappa shape index (κ3) is 4.12. The van der Waals surface area contributed by atoms with E-state index in [9.17, 15) is 20.1 Å². The Morgan fingerprint density at radius 3 is 2.76 bits per heavy atom. The van der Waals surface area contributed by atoms with E-state index in [4.69, 9.17) is 9.47 Å². The molecule has 0 aromatic rings. The molecule has 0 unspecified atom stereocenters. The molecule has 0 bridgehead atoms. The molecule has 0 radical (unpaired) electrons. The first-order valence-corrected chi connectivity index (χ1v) is 5.65. The fourth-order valence-corrected chi connectivity index (χ4v) is 1.40. The summed E-state index contributed by atoms with van der Waals surface area (Å²) in [5.74, 6) is 0. The summed E-state index contributed by atoms with van der Waals surface area (Å²) >= 11 is 0. The van der Waals surface area contributed by atoms with Gasteiger partial charge in [0, 0.05) is 0 Å². The predicted octanol–water partition coefficient (Wildman–Crippen LogP) is -1.05. The van der Waals surface area contributed by atoms with Crippen molar-refractivity contribution in [1.82, 2.24) is 5.32 Å². The van der Waals surface area contributed by atoms with Crippen LogP contribution in [0.2, 0.25) is 0 Å². The second-order valence-corrected chi connectivity index (χ2v) is 3.94. The van der Waals surface area contributed by atoms with Gasteiger partial charge in [-0.25, -0.2) is 4.79 Å². The van der Waals surface area contributed by atoms with Crippen LogP contribution < -0.4 is 5.32 Å². The van der Waals surface area contributed by atoms with Gasteiger partial charge in [-0.2, -0.15) is 0 Å². The molecule has 4 atom stereocenters. The van der Waals surface area contributed by atoms with E-state index in [1.807, 2.05) is 6.92 Å². The van der Waals surface area contributed by atoms with E-state index in [0.717, 1.165) is 12.8 Å². The minimum absolute atomic E-state index is 0.155. The van der Waals surface area contributed by atoms with Crippen molar-refractivity contribution in [1.29, 1.82) is 0 Å². The number of amides is 1. The van der Waals surface area contributed by atoms with Crippen molar-refractivity contribution in [2.75, 3.05) is 13.2 Å². The third-order valence-corrected chi connectivity index (χ3v) is 2.49. The van der Waals surface area contributed by atoms with Gasteiger partial charge >= 0.3 is 6.09 Å². The molecule has 7 nitrogen and oxygen atoms in total. The molecule has 0 aromatic carbocycles. The van der Waals surface area contributed by atoms with Gasteiger partial charge in [-0.05, 0) is 6.42 Å². The highest BCUT2D eigenvalue weighted by Gasteiger charge is 2.38. The number of carbonyl (C=O) groups is 1. The Balaban J connectivity index is 2.33. The first-order chi connectivity index (χ1) is 8.06. The minimum Gasteiger partial charge on any atom is -0.450 e. The fourth-order valence-electron chi connectivity index (χ4n) is 1.40. The zero-order chi connectivity index (χ0) is 12.8. The van der Waals surface area contributed by atoms with Crippen LogP contribution in [0, 0.1) is 0 Å². The van der Waals surface area contributed by atoms with Crippen LogP contribution in [-0.2, 0) is 9.47 Å². The molecule has 0 spiro atoms. The molecular weight excluding hydrogens is 230 g/mol. The quantitative estimate of drug-likeness (QED) is 0.474.